The first kappa shape index (κ1) is 29.3. The third-order valence-electron chi connectivity index (χ3n) is 4.70. The Balaban J connectivity index is 0.00000212. The number of carbonyl (C=O) groups is 1. The molecule has 2 unspecified atom stereocenters. The number of carbonyl (C=O) groups excluding carboxylic acids is 1. The number of hydrogen-bond acceptors (Lipinski definition) is 4. The Kier molecular flexibility index (Phi) is 13.6. The molecule has 0 bridgehead atoms. The van der Waals surface area contributed by atoms with E-state index in [-0.39, 0.29) is 18.2 Å². The Morgan fingerprint density at radius 3 is 2.32 bits per heavy atom. The fraction of sp³-hybridized carbons (Fsp3) is 0.640. The van der Waals surface area contributed by atoms with Crippen LogP contribution in [0, 0.1) is 0 Å². The van der Waals surface area contributed by atoms with Gasteiger partial charge >= 0.3 is 6.09 Å². The molecule has 0 aromatic carbocycles. The monoisotopic (exact) mass is 495 g/mol. The van der Waals surface area contributed by atoms with Gasteiger partial charge < -0.3 is 4.74 Å². The number of halogens is 1. The van der Waals surface area contributed by atoms with Crippen LogP contribution in [0.5, 0.6) is 0 Å². The predicted octanol–water partition coefficient (Wildman–Crippen LogP) is 7.76. The van der Waals surface area contributed by atoms with Gasteiger partial charge in [-0.25, -0.2) is 9.78 Å². The van der Waals surface area contributed by atoms with Crippen molar-refractivity contribution in [3.05, 3.63) is 40.1 Å². The molecule has 1 saturated heterocycles. The van der Waals surface area contributed by atoms with E-state index in [4.69, 9.17) is 4.74 Å². The summed E-state index contributed by atoms with van der Waals surface area (Å²) in [6, 6.07) is 5.55. The highest BCUT2D eigenvalue weighted by Gasteiger charge is 2.40. The fourth-order valence-electron chi connectivity index (χ4n) is 3.47. The van der Waals surface area contributed by atoms with E-state index in [0.717, 1.165) is 40.8 Å². The summed E-state index contributed by atoms with van der Waals surface area (Å²) in [6.07, 6.45) is 4.44. The maximum absolute atomic E-state index is 13.2. The Bertz CT molecular complexity index is 739. The number of ether oxygens (including phenoxy) is 1. The molecule has 1 aromatic rings. The van der Waals surface area contributed by atoms with Gasteiger partial charge in [0.1, 0.15) is 10.2 Å². The number of aliphatic imine (C=N–C) groups is 1. The van der Waals surface area contributed by atoms with Gasteiger partial charge in [0.25, 0.3) is 0 Å². The lowest BCUT2D eigenvalue weighted by Gasteiger charge is -2.42. The number of pyridine rings is 1. The third-order valence-corrected chi connectivity index (χ3v) is 5.14. The van der Waals surface area contributed by atoms with E-state index >= 15 is 0 Å². The van der Waals surface area contributed by atoms with Crippen LogP contribution in [0.4, 0.5) is 4.79 Å². The zero-order valence-electron chi connectivity index (χ0n) is 21.1. The summed E-state index contributed by atoms with van der Waals surface area (Å²) in [5.74, 6) is 0. The summed E-state index contributed by atoms with van der Waals surface area (Å²) < 4.78 is 6.53. The number of amides is 1. The molecule has 2 rings (SSSR count). The molecule has 0 saturated carbocycles. The minimum Gasteiger partial charge on any atom is -0.444 e. The Morgan fingerprint density at radius 2 is 1.84 bits per heavy atom. The summed E-state index contributed by atoms with van der Waals surface area (Å²) in [5, 5.41) is 0. The van der Waals surface area contributed by atoms with Crippen molar-refractivity contribution in [1.29, 1.82) is 0 Å². The second-order valence-electron chi connectivity index (χ2n) is 7.82. The Hall–Kier alpha value is -1.69. The molecule has 2 atom stereocenters. The number of aromatic nitrogens is 1. The molecule has 1 aliphatic heterocycles. The van der Waals surface area contributed by atoms with E-state index in [2.05, 4.69) is 25.9 Å². The molecule has 6 heteroatoms. The Labute approximate surface area is 198 Å². The van der Waals surface area contributed by atoms with Gasteiger partial charge in [-0.2, -0.15) is 0 Å². The van der Waals surface area contributed by atoms with Crippen LogP contribution >= 0.6 is 15.9 Å². The molecule has 0 radical (unpaired) electrons. The third kappa shape index (κ3) is 8.76. The lowest BCUT2D eigenvalue weighted by molar-refractivity contribution is 0.00237. The van der Waals surface area contributed by atoms with Gasteiger partial charge in [0.2, 0.25) is 0 Å². The van der Waals surface area contributed by atoms with Gasteiger partial charge in [0.15, 0.2) is 0 Å². The SMILES string of the molecule is C/C=C(/C)C(=NC)C1CCCC(c2cccc(Br)n2)N1C(=O)OC(C)(C)C.CC.CC. The van der Waals surface area contributed by atoms with Crippen molar-refractivity contribution in [3.63, 3.8) is 0 Å². The zero-order chi connectivity index (χ0) is 24.2. The molecule has 0 N–H and O–H groups in total. The lowest BCUT2D eigenvalue weighted by Crippen LogP contribution is -2.51. The first-order chi connectivity index (χ1) is 14.7. The number of allylic oxidation sites excluding steroid dienone is 1. The topological polar surface area (TPSA) is 54.8 Å². The highest BCUT2D eigenvalue weighted by atomic mass is 79.9. The largest absolute Gasteiger partial charge is 0.444 e. The van der Waals surface area contributed by atoms with Crippen molar-refractivity contribution >= 4 is 27.7 Å². The van der Waals surface area contributed by atoms with Gasteiger partial charge in [-0.15, -0.1) is 0 Å². The molecule has 1 aliphatic rings. The summed E-state index contributed by atoms with van der Waals surface area (Å²) in [4.78, 5) is 24.2. The van der Waals surface area contributed by atoms with Crippen LogP contribution in [0.3, 0.4) is 0 Å². The molecule has 1 aromatic heterocycles. The molecular weight excluding hydrogens is 454 g/mol. The van der Waals surface area contributed by atoms with Gasteiger partial charge in [-0.3, -0.25) is 9.89 Å². The second-order valence-corrected chi connectivity index (χ2v) is 8.63. The van der Waals surface area contributed by atoms with E-state index < -0.39 is 5.60 Å². The highest BCUT2D eigenvalue weighted by Crippen LogP contribution is 2.36. The quantitative estimate of drug-likeness (QED) is 0.317. The number of hydrogen-bond donors (Lipinski definition) is 0. The number of piperidine rings is 1. The molecule has 0 aliphatic carbocycles. The van der Waals surface area contributed by atoms with Crippen molar-refractivity contribution in [2.24, 2.45) is 4.99 Å². The van der Waals surface area contributed by atoms with Crippen LogP contribution in [-0.4, -0.2) is 40.4 Å². The lowest BCUT2D eigenvalue weighted by atomic mass is 9.88. The standard InChI is InChI=1S/C21H30BrN3O2.2C2H6/c1-7-14(2)19(23-6)17-12-9-11-16(15-10-8-13-18(22)24-15)25(17)20(26)27-21(3,4)5;2*1-2/h7-8,10,13,16-17H,9,11-12H2,1-6H3;2*1-2H3/b14-7-,23-19?;;. The summed E-state index contributed by atoms with van der Waals surface area (Å²) in [7, 11) is 1.79. The smallest absolute Gasteiger partial charge is 0.411 e. The van der Waals surface area contributed by atoms with E-state index in [1.54, 1.807) is 7.05 Å². The van der Waals surface area contributed by atoms with E-state index in [9.17, 15) is 4.79 Å². The molecule has 0 spiro atoms. The summed E-state index contributed by atoms with van der Waals surface area (Å²) in [6.45, 7) is 17.7. The summed E-state index contributed by atoms with van der Waals surface area (Å²) >= 11 is 3.45. The average Bonchev–Trinajstić information content (AvgIpc) is 2.75. The summed E-state index contributed by atoms with van der Waals surface area (Å²) in [5.41, 5.74) is 2.32. The maximum Gasteiger partial charge on any atom is 0.411 e. The van der Waals surface area contributed by atoms with Crippen LogP contribution in [0.25, 0.3) is 0 Å². The number of nitrogens with zero attached hydrogens (tertiary/aromatic N) is 3. The van der Waals surface area contributed by atoms with Crippen LogP contribution in [0.15, 0.2) is 39.4 Å². The van der Waals surface area contributed by atoms with Crippen LogP contribution in [-0.2, 0) is 4.74 Å². The molecule has 1 amide bonds. The Morgan fingerprint density at radius 1 is 1.23 bits per heavy atom. The molecule has 31 heavy (non-hydrogen) atoms. The van der Waals surface area contributed by atoms with Gasteiger partial charge in [-0.05, 0) is 87.5 Å². The zero-order valence-corrected chi connectivity index (χ0v) is 22.7. The van der Waals surface area contributed by atoms with Crippen molar-refractivity contribution in [2.75, 3.05) is 7.05 Å². The molecular formula is C25H42BrN3O2. The number of likely N-dealkylation sites (tertiary alicyclic amines) is 1. The molecule has 1 fully saturated rings. The fourth-order valence-corrected chi connectivity index (χ4v) is 3.83. The van der Waals surface area contributed by atoms with E-state index in [1.165, 1.54) is 0 Å². The maximum atomic E-state index is 13.2. The predicted molar refractivity (Wildman–Crippen MR) is 136 cm³/mol. The normalized spacial score (nSPS) is 19.5. The van der Waals surface area contributed by atoms with Crippen LogP contribution in [0.2, 0.25) is 0 Å². The first-order valence-electron chi connectivity index (χ1n) is 11.4. The molecule has 5 nitrogen and oxygen atoms in total. The van der Waals surface area contributed by atoms with E-state index in [1.807, 2.05) is 91.5 Å². The van der Waals surface area contributed by atoms with Crippen LogP contribution in [0.1, 0.15) is 93.3 Å². The van der Waals surface area contributed by atoms with Crippen molar-refractivity contribution in [2.45, 2.75) is 99.3 Å². The first-order valence-corrected chi connectivity index (χ1v) is 12.2. The van der Waals surface area contributed by atoms with Gasteiger partial charge in [0.05, 0.1) is 23.5 Å². The van der Waals surface area contributed by atoms with Crippen molar-refractivity contribution in [3.8, 4) is 0 Å². The second kappa shape index (κ2) is 14.4. The van der Waals surface area contributed by atoms with Crippen molar-refractivity contribution < 1.29 is 9.53 Å². The minimum atomic E-state index is -0.562. The minimum absolute atomic E-state index is 0.124. The van der Waals surface area contributed by atoms with Gasteiger partial charge in [0, 0.05) is 7.05 Å². The van der Waals surface area contributed by atoms with Crippen molar-refractivity contribution in [1.82, 2.24) is 9.88 Å². The van der Waals surface area contributed by atoms with E-state index in [0.29, 0.717) is 0 Å². The highest BCUT2D eigenvalue weighted by molar-refractivity contribution is 9.10. The van der Waals surface area contributed by atoms with Crippen LogP contribution < -0.4 is 0 Å². The number of rotatable bonds is 3. The average molecular weight is 497 g/mol. The molecule has 176 valence electrons. The van der Waals surface area contributed by atoms with Gasteiger partial charge in [-0.1, -0.05) is 39.8 Å². The molecule has 2 heterocycles.